The SMILES string of the molecule is CCOC(=O)[C@H]1[C@@H]2[C@@H](C[C@]3(C)C(C(=O)OC)=C(C(=O)OC)ON13)C(=O)N(Cc1ccccc1)[C@H]2C(C)C. The van der Waals surface area contributed by atoms with Gasteiger partial charge in [0.15, 0.2) is 0 Å². The Hall–Kier alpha value is -3.40. The first-order valence-corrected chi connectivity index (χ1v) is 12.5. The number of likely N-dealkylation sites (tertiary alicyclic amines) is 1. The normalized spacial score (nSPS) is 29.1. The summed E-state index contributed by atoms with van der Waals surface area (Å²) >= 11 is 0. The first-order chi connectivity index (χ1) is 17.6. The molecule has 4 rings (SSSR count). The molecular formula is C27H34N2O8. The van der Waals surface area contributed by atoms with Crippen molar-refractivity contribution in [3.63, 3.8) is 0 Å². The maximum atomic E-state index is 14.0. The molecule has 0 aliphatic carbocycles. The summed E-state index contributed by atoms with van der Waals surface area (Å²) in [5.74, 6) is -3.83. The molecule has 3 aliphatic heterocycles. The van der Waals surface area contributed by atoms with Gasteiger partial charge in [0, 0.05) is 24.4 Å². The zero-order valence-corrected chi connectivity index (χ0v) is 22.1. The van der Waals surface area contributed by atoms with E-state index in [4.69, 9.17) is 19.0 Å². The van der Waals surface area contributed by atoms with Crippen molar-refractivity contribution in [1.29, 1.82) is 0 Å². The van der Waals surface area contributed by atoms with Crippen molar-refractivity contribution in [3.8, 4) is 0 Å². The van der Waals surface area contributed by atoms with Crippen LogP contribution in [0.4, 0.5) is 0 Å². The zero-order chi connectivity index (χ0) is 27.1. The molecule has 0 bridgehead atoms. The molecule has 200 valence electrons. The monoisotopic (exact) mass is 514 g/mol. The predicted molar refractivity (Wildman–Crippen MR) is 130 cm³/mol. The van der Waals surface area contributed by atoms with Gasteiger partial charge in [-0.15, -0.1) is 5.06 Å². The average Bonchev–Trinajstić information content (AvgIpc) is 3.33. The second-order valence-electron chi connectivity index (χ2n) is 10.1. The molecule has 0 saturated carbocycles. The van der Waals surface area contributed by atoms with Crippen molar-refractivity contribution >= 4 is 23.8 Å². The average molecular weight is 515 g/mol. The number of hydrogen-bond donors (Lipinski definition) is 0. The minimum atomic E-state index is -1.31. The Morgan fingerprint density at radius 1 is 1.11 bits per heavy atom. The number of rotatable bonds is 7. The standard InChI is InChI=1S/C27H34N2O8/c1-7-36-25(32)21-18-17(23(30)28(20(18)15(2)3)14-16-11-9-8-10-12-16)13-27(4)19(24(31)34-5)22(26(33)35-6)37-29(21)27/h8-12,15,17-18,20-21H,7,13-14H2,1-6H3/t17-,18-,20+,21-,27-/m1/s1. The zero-order valence-electron chi connectivity index (χ0n) is 22.1. The largest absolute Gasteiger partial charge is 0.465 e. The van der Waals surface area contributed by atoms with Gasteiger partial charge in [0.25, 0.3) is 0 Å². The van der Waals surface area contributed by atoms with Crippen LogP contribution in [0.1, 0.15) is 39.7 Å². The van der Waals surface area contributed by atoms with E-state index in [0.29, 0.717) is 6.54 Å². The molecule has 10 heteroatoms. The molecule has 10 nitrogen and oxygen atoms in total. The van der Waals surface area contributed by atoms with E-state index in [1.807, 2.05) is 49.1 Å². The van der Waals surface area contributed by atoms with Crippen molar-refractivity contribution in [1.82, 2.24) is 9.96 Å². The number of amides is 1. The highest BCUT2D eigenvalue weighted by molar-refractivity contribution is 6.02. The van der Waals surface area contributed by atoms with Gasteiger partial charge < -0.3 is 23.9 Å². The van der Waals surface area contributed by atoms with Crippen LogP contribution in [0.25, 0.3) is 0 Å². The van der Waals surface area contributed by atoms with Crippen LogP contribution < -0.4 is 0 Å². The molecule has 2 saturated heterocycles. The number of methoxy groups -OCH3 is 2. The van der Waals surface area contributed by atoms with Crippen molar-refractivity contribution < 1.29 is 38.2 Å². The van der Waals surface area contributed by atoms with Crippen molar-refractivity contribution in [3.05, 3.63) is 47.2 Å². The summed E-state index contributed by atoms with van der Waals surface area (Å²) in [6.07, 6.45) is 0.145. The Morgan fingerprint density at radius 2 is 1.76 bits per heavy atom. The maximum absolute atomic E-state index is 14.0. The molecule has 3 aliphatic rings. The number of piperidine rings is 1. The Bertz CT molecular complexity index is 1120. The van der Waals surface area contributed by atoms with Crippen LogP contribution in [0.3, 0.4) is 0 Å². The highest BCUT2D eigenvalue weighted by atomic mass is 16.7. The molecule has 0 radical (unpaired) electrons. The number of benzene rings is 1. The van der Waals surface area contributed by atoms with Crippen LogP contribution in [-0.2, 0) is 44.8 Å². The smallest absolute Gasteiger partial charge is 0.376 e. The third-order valence-corrected chi connectivity index (χ3v) is 7.66. The van der Waals surface area contributed by atoms with Gasteiger partial charge in [-0.2, -0.15) is 0 Å². The third kappa shape index (κ3) is 4.27. The van der Waals surface area contributed by atoms with Crippen molar-refractivity contribution in [2.24, 2.45) is 17.8 Å². The van der Waals surface area contributed by atoms with Gasteiger partial charge in [-0.1, -0.05) is 44.2 Å². The number of hydroxylamine groups is 2. The van der Waals surface area contributed by atoms with Crippen LogP contribution in [0.5, 0.6) is 0 Å². The highest BCUT2D eigenvalue weighted by Crippen LogP contribution is 2.54. The number of esters is 3. The second kappa shape index (κ2) is 10.2. The summed E-state index contributed by atoms with van der Waals surface area (Å²) in [4.78, 5) is 60.9. The fourth-order valence-electron chi connectivity index (χ4n) is 6.24. The molecule has 2 fully saturated rings. The molecule has 3 heterocycles. The number of nitrogens with zero attached hydrogens (tertiary/aromatic N) is 2. The van der Waals surface area contributed by atoms with Gasteiger partial charge in [0.1, 0.15) is 11.6 Å². The van der Waals surface area contributed by atoms with Gasteiger partial charge in [-0.3, -0.25) is 9.59 Å². The lowest BCUT2D eigenvalue weighted by Crippen LogP contribution is -2.63. The van der Waals surface area contributed by atoms with Gasteiger partial charge in [-0.05, 0) is 31.7 Å². The summed E-state index contributed by atoms with van der Waals surface area (Å²) in [5, 5.41) is 1.36. The van der Waals surface area contributed by atoms with Crippen molar-refractivity contribution in [2.45, 2.75) is 58.3 Å². The minimum absolute atomic E-state index is 0.000313. The predicted octanol–water partition coefficient (Wildman–Crippen LogP) is 2.23. The Morgan fingerprint density at radius 3 is 2.32 bits per heavy atom. The lowest BCUT2D eigenvalue weighted by atomic mass is 9.68. The van der Waals surface area contributed by atoms with Crippen LogP contribution in [0.15, 0.2) is 41.7 Å². The summed E-state index contributed by atoms with van der Waals surface area (Å²) in [6, 6.07) is 8.30. The number of carbonyl (C=O) groups is 4. The van der Waals surface area contributed by atoms with E-state index in [2.05, 4.69) is 0 Å². The quantitative estimate of drug-likeness (QED) is 0.399. The lowest BCUT2D eigenvalue weighted by molar-refractivity contribution is -0.232. The Balaban J connectivity index is 1.85. The van der Waals surface area contributed by atoms with Gasteiger partial charge in [-0.25, -0.2) is 9.59 Å². The van der Waals surface area contributed by atoms with Crippen LogP contribution >= 0.6 is 0 Å². The van der Waals surface area contributed by atoms with Crippen LogP contribution in [-0.4, -0.2) is 72.2 Å². The summed E-state index contributed by atoms with van der Waals surface area (Å²) in [6.45, 7) is 7.90. The fourth-order valence-corrected chi connectivity index (χ4v) is 6.24. The van der Waals surface area contributed by atoms with Gasteiger partial charge in [0.05, 0.1) is 26.4 Å². The van der Waals surface area contributed by atoms with E-state index in [-0.39, 0.29) is 42.2 Å². The van der Waals surface area contributed by atoms with E-state index in [1.165, 1.54) is 19.3 Å². The molecule has 0 unspecified atom stereocenters. The van der Waals surface area contributed by atoms with E-state index in [0.717, 1.165) is 5.56 Å². The minimum Gasteiger partial charge on any atom is -0.465 e. The molecule has 0 N–H and O–H groups in total. The van der Waals surface area contributed by atoms with Crippen LogP contribution in [0, 0.1) is 17.8 Å². The molecule has 1 amide bonds. The number of carbonyl (C=O) groups excluding carboxylic acids is 4. The maximum Gasteiger partial charge on any atom is 0.376 e. The number of fused-ring (bicyclic) bond motifs is 2. The number of hydrogen-bond acceptors (Lipinski definition) is 9. The Labute approximate surface area is 216 Å². The molecular weight excluding hydrogens is 480 g/mol. The molecule has 1 aromatic carbocycles. The molecule has 0 spiro atoms. The first-order valence-electron chi connectivity index (χ1n) is 12.5. The fraction of sp³-hybridized carbons (Fsp3) is 0.556. The lowest BCUT2D eigenvalue weighted by Gasteiger charge is -2.48. The van der Waals surface area contributed by atoms with Crippen LogP contribution in [0.2, 0.25) is 0 Å². The van der Waals surface area contributed by atoms with E-state index in [1.54, 1.807) is 13.8 Å². The molecule has 1 aromatic rings. The van der Waals surface area contributed by atoms with Gasteiger partial charge >= 0.3 is 17.9 Å². The van der Waals surface area contributed by atoms with E-state index in [9.17, 15) is 19.2 Å². The Kier molecular flexibility index (Phi) is 7.32. The number of ether oxygens (including phenoxy) is 3. The topological polar surface area (TPSA) is 112 Å². The summed E-state index contributed by atoms with van der Waals surface area (Å²) in [5.41, 5.74) is -0.418. The molecule has 0 aromatic heterocycles. The van der Waals surface area contributed by atoms with E-state index >= 15 is 0 Å². The highest BCUT2D eigenvalue weighted by Gasteiger charge is 2.68. The second-order valence-corrected chi connectivity index (χ2v) is 10.1. The van der Waals surface area contributed by atoms with E-state index < -0.39 is 41.3 Å². The first kappa shape index (κ1) is 26.7. The molecule has 5 atom stereocenters. The summed E-state index contributed by atoms with van der Waals surface area (Å²) in [7, 11) is 2.37. The third-order valence-electron chi connectivity index (χ3n) is 7.66. The summed E-state index contributed by atoms with van der Waals surface area (Å²) < 4.78 is 15.3. The van der Waals surface area contributed by atoms with Crippen molar-refractivity contribution in [2.75, 3.05) is 20.8 Å². The van der Waals surface area contributed by atoms with Gasteiger partial charge in [0.2, 0.25) is 11.7 Å². The molecule has 37 heavy (non-hydrogen) atoms.